The Morgan fingerprint density at radius 2 is 1.89 bits per heavy atom. The van der Waals surface area contributed by atoms with Crippen LogP contribution >= 0.6 is 0 Å². The molecule has 2 rings (SSSR count). The van der Waals surface area contributed by atoms with Gasteiger partial charge in [0.15, 0.2) is 0 Å². The van der Waals surface area contributed by atoms with Gasteiger partial charge in [-0.3, -0.25) is 0 Å². The second kappa shape index (κ2) is 5.83. The fraction of sp³-hybridized carbons (Fsp3) is 0.375. The van der Waals surface area contributed by atoms with Gasteiger partial charge in [0.05, 0.1) is 12.6 Å². The molecule has 1 aromatic heterocycles. The average molecular weight is 259 g/mol. The smallest absolute Gasteiger partial charge is 0.119 e. The third kappa shape index (κ3) is 3.31. The lowest BCUT2D eigenvalue weighted by Crippen LogP contribution is -2.06. The van der Waals surface area contributed by atoms with Crippen LogP contribution in [-0.4, -0.2) is 6.61 Å². The molecule has 1 heterocycles. The Balaban J connectivity index is 2.06. The molecular formula is C16H21NO2. The van der Waals surface area contributed by atoms with Crippen molar-refractivity contribution in [1.82, 2.24) is 0 Å². The highest BCUT2D eigenvalue weighted by molar-refractivity contribution is 5.48. The van der Waals surface area contributed by atoms with E-state index in [1.54, 1.807) is 0 Å². The molecule has 102 valence electrons. The maximum absolute atomic E-state index is 5.56. The first-order valence-corrected chi connectivity index (χ1v) is 6.66. The summed E-state index contributed by atoms with van der Waals surface area (Å²) < 4.78 is 11.0. The van der Waals surface area contributed by atoms with E-state index in [-0.39, 0.29) is 6.04 Å². The van der Waals surface area contributed by atoms with Gasteiger partial charge in [-0.05, 0) is 58.0 Å². The molecule has 1 N–H and O–H groups in total. The second-order valence-corrected chi connectivity index (χ2v) is 4.69. The first kappa shape index (κ1) is 13.5. The highest BCUT2D eigenvalue weighted by atomic mass is 16.5. The normalized spacial score (nSPS) is 12.2. The molecule has 2 aromatic rings. The van der Waals surface area contributed by atoms with Gasteiger partial charge in [0.2, 0.25) is 0 Å². The number of nitrogens with one attached hydrogen (secondary N) is 1. The van der Waals surface area contributed by atoms with E-state index >= 15 is 0 Å². The van der Waals surface area contributed by atoms with E-state index < -0.39 is 0 Å². The zero-order chi connectivity index (χ0) is 13.8. The van der Waals surface area contributed by atoms with E-state index in [9.17, 15) is 0 Å². The van der Waals surface area contributed by atoms with Gasteiger partial charge in [-0.25, -0.2) is 0 Å². The van der Waals surface area contributed by atoms with Gasteiger partial charge >= 0.3 is 0 Å². The van der Waals surface area contributed by atoms with Gasteiger partial charge < -0.3 is 14.5 Å². The van der Waals surface area contributed by atoms with E-state index in [0.29, 0.717) is 6.61 Å². The summed E-state index contributed by atoms with van der Waals surface area (Å²) in [6, 6.07) is 10.3. The van der Waals surface area contributed by atoms with E-state index in [2.05, 4.69) is 18.3 Å². The van der Waals surface area contributed by atoms with Crippen molar-refractivity contribution in [3.63, 3.8) is 0 Å². The van der Waals surface area contributed by atoms with Crippen LogP contribution in [0.4, 0.5) is 5.69 Å². The second-order valence-electron chi connectivity index (χ2n) is 4.69. The van der Waals surface area contributed by atoms with Crippen molar-refractivity contribution >= 4 is 5.69 Å². The quantitative estimate of drug-likeness (QED) is 0.860. The van der Waals surface area contributed by atoms with Gasteiger partial charge in [-0.1, -0.05) is 0 Å². The summed E-state index contributed by atoms with van der Waals surface area (Å²) in [4.78, 5) is 0. The molecule has 0 bridgehead atoms. The molecule has 0 fully saturated rings. The molecule has 0 saturated carbocycles. The van der Waals surface area contributed by atoms with E-state index in [1.165, 1.54) is 5.56 Å². The highest BCUT2D eigenvalue weighted by Gasteiger charge is 2.12. The summed E-state index contributed by atoms with van der Waals surface area (Å²) in [5.41, 5.74) is 2.28. The molecule has 0 radical (unpaired) electrons. The Morgan fingerprint density at radius 3 is 2.42 bits per heavy atom. The van der Waals surface area contributed by atoms with Crippen LogP contribution in [0, 0.1) is 13.8 Å². The molecule has 1 atom stereocenters. The fourth-order valence-corrected chi connectivity index (χ4v) is 2.22. The molecular weight excluding hydrogens is 238 g/mol. The summed E-state index contributed by atoms with van der Waals surface area (Å²) in [7, 11) is 0. The van der Waals surface area contributed by atoms with Gasteiger partial charge in [0, 0.05) is 11.3 Å². The van der Waals surface area contributed by atoms with Crippen LogP contribution in [0.3, 0.4) is 0 Å². The molecule has 0 aliphatic carbocycles. The van der Waals surface area contributed by atoms with Crippen LogP contribution in [0.15, 0.2) is 34.7 Å². The van der Waals surface area contributed by atoms with Crippen LogP contribution in [0.5, 0.6) is 5.75 Å². The van der Waals surface area contributed by atoms with Crippen molar-refractivity contribution in [1.29, 1.82) is 0 Å². The summed E-state index contributed by atoms with van der Waals surface area (Å²) in [5, 5.41) is 3.47. The largest absolute Gasteiger partial charge is 0.494 e. The monoisotopic (exact) mass is 259 g/mol. The minimum Gasteiger partial charge on any atom is -0.494 e. The van der Waals surface area contributed by atoms with Crippen LogP contribution in [-0.2, 0) is 0 Å². The predicted octanol–water partition coefficient (Wildman–Crippen LogP) is 4.47. The standard InChI is InChI=1S/C16H21NO2/c1-5-18-15-8-6-14(7-9-15)17-12(3)16-10-11(2)19-13(16)4/h6-10,12,17H,5H2,1-4H3. The van der Waals surface area contributed by atoms with Gasteiger partial charge in [-0.2, -0.15) is 0 Å². The number of hydrogen-bond donors (Lipinski definition) is 1. The number of aryl methyl sites for hydroxylation is 2. The van der Waals surface area contributed by atoms with Crippen LogP contribution in [0.1, 0.15) is 37.0 Å². The Bertz CT molecular complexity index is 528. The van der Waals surface area contributed by atoms with Crippen LogP contribution < -0.4 is 10.1 Å². The number of ether oxygens (including phenoxy) is 1. The maximum Gasteiger partial charge on any atom is 0.119 e. The fourth-order valence-electron chi connectivity index (χ4n) is 2.22. The third-order valence-corrected chi connectivity index (χ3v) is 3.09. The lowest BCUT2D eigenvalue weighted by molar-refractivity contribution is 0.340. The Morgan fingerprint density at radius 1 is 1.21 bits per heavy atom. The number of rotatable bonds is 5. The summed E-state index contributed by atoms with van der Waals surface area (Å²) >= 11 is 0. The van der Waals surface area contributed by atoms with Crippen molar-refractivity contribution in [2.24, 2.45) is 0 Å². The van der Waals surface area contributed by atoms with E-state index in [0.717, 1.165) is 23.0 Å². The molecule has 0 saturated heterocycles. The topological polar surface area (TPSA) is 34.4 Å². The van der Waals surface area contributed by atoms with E-state index in [4.69, 9.17) is 9.15 Å². The summed E-state index contributed by atoms with van der Waals surface area (Å²) in [6.45, 7) is 8.78. The zero-order valence-corrected chi connectivity index (χ0v) is 12.0. The van der Waals surface area contributed by atoms with Gasteiger partial charge in [-0.15, -0.1) is 0 Å². The Labute approximate surface area is 114 Å². The van der Waals surface area contributed by atoms with Crippen LogP contribution in [0.2, 0.25) is 0 Å². The molecule has 3 nitrogen and oxygen atoms in total. The molecule has 1 aromatic carbocycles. The molecule has 0 aliphatic rings. The first-order chi connectivity index (χ1) is 9.10. The molecule has 0 amide bonds. The summed E-state index contributed by atoms with van der Waals surface area (Å²) in [5.74, 6) is 2.83. The Hall–Kier alpha value is -1.90. The van der Waals surface area contributed by atoms with Crippen LogP contribution in [0.25, 0.3) is 0 Å². The van der Waals surface area contributed by atoms with Crippen molar-refractivity contribution < 1.29 is 9.15 Å². The van der Waals surface area contributed by atoms with Crippen molar-refractivity contribution in [2.45, 2.75) is 33.7 Å². The Kier molecular flexibility index (Phi) is 4.15. The average Bonchev–Trinajstić information content (AvgIpc) is 2.71. The van der Waals surface area contributed by atoms with Crippen molar-refractivity contribution in [3.05, 3.63) is 47.4 Å². The number of furan rings is 1. The zero-order valence-electron chi connectivity index (χ0n) is 12.0. The number of anilines is 1. The van der Waals surface area contributed by atoms with Gasteiger partial charge in [0.25, 0.3) is 0 Å². The van der Waals surface area contributed by atoms with Crippen molar-refractivity contribution in [2.75, 3.05) is 11.9 Å². The molecule has 0 spiro atoms. The molecule has 19 heavy (non-hydrogen) atoms. The highest BCUT2D eigenvalue weighted by Crippen LogP contribution is 2.25. The van der Waals surface area contributed by atoms with E-state index in [1.807, 2.05) is 45.0 Å². The number of benzene rings is 1. The lowest BCUT2D eigenvalue weighted by atomic mass is 10.1. The minimum absolute atomic E-state index is 0.218. The summed E-state index contributed by atoms with van der Waals surface area (Å²) in [6.07, 6.45) is 0. The lowest BCUT2D eigenvalue weighted by Gasteiger charge is -2.15. The molecule has 0 aliphatic heterocycles. The minimum atomic E-state index is 0.218. The number of hydrogen-bond acceptors (Lipinski definition) is 3. The van der Waals surface area contributed by atoms with Crippen molar-refractivity contribution in [3.8, 4) is 5.75 Å². The SMILES string of the molecule is CCOc1ccc(NC(C)c2cc(C)oc2C)cc1. The molecule has 1 unspecified atom stereocenters. The third-order valence-electron chi connectivity index (χ3n) is 3.09. The van der Waals surface area contributed by atoms with Gasteiger partial charge in [0.1, 0.15) is 17.3 Å². The predicted molar refractivity (Wildman–Crippen MR) is 77.8 cm³/mol. The molecule has 3 heteroatoms. The first-order valence-electron chi connectivity index (χ1n) is 6.66. The maximum atomic E-state index is 5.56.